The Morgan fingerprint density at radius 3 is 1.46 bits per heavy atom. The van der Waals surface area contributed by atoms with Crippen LogP contribution < -0.4 is 5.32 Å². The van der Waals surface area contributed by atoms with E-state index in [1.165, 1.54) is 38.5 Å². The molecule has 0 bridgehead atoms. The predicted octanol–water partition coefficient (Wildman–Crippen LogP) is 3.87. The third-order valence-corrected chi connectivity index (χ3v) is 13.7. The highest BCUT2D eigenvalue weighted by atomic mass is 16.8. The standard InChI is InChI=1S/C57H97NO18/c1-3-5-7-9-11-13-15-16-17-18-19-20-21-22-23-24-25-27-29-31-33-35-45(63)58-40(41(62)34-32-30-28-26-14-12-10-8-6-4-2)39-71-55-51(69)48(66)53(43(37-60)73-55)76-57-52(70)49(67)54(44(38-61)74-57)75-56-50(68)47(65)46(64)42(36-59)72-56/h6,8,14-16,18-19,21-22,26,32,34,40-44,46-57,59-62,64-70H,3-5,7,9-13,17,20,23-25,27-31,33,35-39H2,1-2H3,(H,58,63)/b8-6+,16-15-,19-18-,22-21-,26-14+,34-32+. The average molecular weight is 1080 g/mol. The van der Waals surface area contributed by atoms with Gasteiger partial charge in [-0.3, -0.25) is 4.79 Å². The molecule has 3 heterocycles. The second-order valence-electron chi connectivity index (χ2n) is 20.0. The summed E-state index contributed by atoms with van der Waals surface area (Å²) in [4.78, 5) is 13.3. The first kappa shape index (κ1) is 67.5. The molecular weight excluding hydrogens is 987 g/mol. The van der Waals surface area contributed by atoms with Crippen LogP contribution in [0.1, 0.15) is 149 Å². The molecule has 0 aliphatic carbocycles. The van der Waals surface area contributed by atoms with E-state index in [4.69, 9.17) is 28.4 Å². The first-order chi connectivity index (χ1) is 36.8. The van der Waals surface area contributed by atoms with Gasteiger partial charge in [0, 0.05) is 6.42 Å². The van der Waals surface area contributed by atoms with E-state index in [1.54, 1.807) is 12.2 Å². The number of aliphatic hydroxyl groups is 11. The van der Waals surface area contributed by atoms with Crippen molar-refractivity contribution in [3.8, 4) is 0 Å². The Labute approximate surface area is 451 Å². The lowest BCUT2D eigenvalue weighted by molar-refractivity contribution is -0.379. The van der Waals surface area contributed by atoms with Gasteiger partial charge in [0.05, 0.1) is 38.6 Å². The van der Waals surface area contributed by atoms with E-state index in [0.717, 1.165) is 77.0 Å². The fourth-order valence-electron chi connectivity index (χ4n) is 9.06. The maximum Gasteiger partial charge on any atom is 0.220 e. The van der Waals surface area contributed by atoms with Crippen molar-refractivity contribution in [1.82, 2.24) is 5.32 Å². The highest BCUT2D eigenvalue weighted by molar-refractivity contribution is 5.76. The van der Waals surface area contributed by atoms with Crippen LogP contribution in [0.15, 0.2) is 72.9 Å². The van der Waals surface area contributed by atoms with Crippen molar-refractivity contribution in [1.29, 1.82) is 0 Å². The Hall–Kier alpha value is -2.77. The summed E-state index contributed by atoms with van der Waals surface area (Å²) < 4.78 is 34.1. The van der Waals surface area contributed by atoms with Crippen molar-refractivity contribution in [2.24, 2.45) is 0 Å². The molecule has 0 spiro atoms. The lowest BCUT2D eigenvalue weighted by Gasteiger charge is -2.48. The Morgan fingerprint density at radius 1 is 0.487 bits per heavy atom. The SMILES string of the molecule is CC/C=C/CC/C=C/CC/C=C/C(O)C(COC1OC(CO)C(OC2OC(CO)C(OC3OC(CO)C(O)C(O)C3O)C(O)C2O)C(O)C1O)NC(=O)CCCCCCCC/C=C\C/C=C\C/C=C\CCCCCCC. The number of unbranched alkanes of at least 4 members (excludes halogenated alkanes) is 13. The molecule has 0 saturated carbocycles. The molecule has 3 fully saturated rings. The fourth-order valence-corrected chi connectivity index (χ4v) is 9.06. The van der Waals surface area contributed by atoms with Crippen LogP contribution in [0.3, 0.4) is 0 Å². The van der Waals surface area contributed by atoms with Gasteiger partial charge in [-0.15, -0.1) is 0 Å². The summed E-state index contributed by atoms with van der Waals surface area (Å²) in [5, 5.41) is 120. The molecule has 0 aromatic heterocycles. The van der Waals surface area contributed by atoms with Gasteiger partial charge in [-0.1, -0.05) is 138 Å². The number of aliphatic hydroxyl groups excluding tert-OH is 11. The quantitative estimate of drug-likeness (QED) is 0.0307. The molecule has 3 aliphatic heterocycles. The maximum absolute atomic E-state index is 13.3. The largest absolute Gasteiger partial charge is 0.394 e. The molecule has 0 aromatic rings. The highest BCUT2D eigenvalue weighted by Gasteiger charge is 2.53. The molecule has 438 valence electrons. The number of carbonyl (C=O) groups is 1. The molecule has 3 rings (SSSR count). The first-order valence-electron chi connectivity index (χ1n) is 28.2. The Balaban J connectivity index is 1.50. The lowest BCUT2D eigenvalue weighted by Crippen LogP contribution is -2.66. The minimum absolute atomic E-state index is 0.213. The van der Waals surface area contributed by atoms with Gasteiger partial charge in [0.25, 0.3) is 0 Å². The van der Waals surface area contributed by atoms with Gasteiger partial charge in [0.2, 0.25) is 5.91 Å². The van der Waals surface area contributed by atoms with Crippen LogP contribution in [0.4, 0.5) is 0 Å². The van der Waals surface area contributed by atoms with Gasteiger partial charge >= 0.3 is 0 Å². The van der Waals surface area contributed by atoms with E-state index in [-0.39, 0.29) is 18.9 Å². The van der Waals surface area contributed by atoms with Crippen LogP contribution in [-0.2, 0) is 33.2 Å². The second kappa shape index (κ2) is 40.4. The van der Waals surface area contributed by atoms with Gasteiger partial charge in [-0.25, -0.2) is 0 Å². The van der Waals surface area contributed by atoms with Crippen molar-refractivity contribution >= 4 is 5.91 Å². The minimum atomic E-state index is -1.98. The van der Waals surface area contributed by atoms with Crippen LogP contribution >= 0.6 is 0 Å². The number of nitrogens with one attached hydrogen (secondary N) is 1. The molecule has 76 heavy (non-hydrogen) atoms. The van der Waals surface area contributed by atoms with Crippen LogP contribution in [0.25, 0.3) is 0 Å². The predicted molar refractivity (Wildman–Crippen MR) is 286 cm³/mol. The van der Waals surface area contributed by atoms with Crippen molar-refractivity contribution < 1.29 is 89.4 Å². The first-order valence-corrected chi connectivity index (χ1v) is 28.2. The van der Waals surface area contributed by atoms with Crippen molar-refractivity contribution in [3.63, 3.8) is 0 Å². The molecule has 3 saturated heterocycles. The molecule has 19 nitrogen and oxygen atoms in total. The summed E-state index contributed by atoms with van der Waals surface area (Å²) in [5.74, 6) is -0.309. The molecule has 12 N–H and O–H groups in total. The van der Waals surface area contributed by atoms with E-state index >= 15 is 0 Å². The van der Waals surface area contributed by atoms with Crippen molar-refractivity contribution in [3.05, 3.63) is 72.9 Å². The molecule has 17 atom stereocenters. The van der Waals surface area contributed by atoms with Gasteiger partial charge in [-0.2, -0.15) is 0 Å². The summed E-state index contributed by atoms with van der Waals surface area (Å²) in [6, 6.07) is -1.00. The van der Waals surface area contributed by atoms with E-state index in [9.17, 15) is 61.0 Å². The molecule has 1 amide bonds. The molecule has 3 aliphatic rings. The van der Waals surface area contributed by atoms with E-state index < -0.39 is 124 Å². The zero-order chi connectivity index (χ0) is 55.5. The Bertz CT molecular complexity index is 1670. The number of allylic oxidation sites excluding steroid dienone is 11. The summed E-state index contributed by atoms with van der Waals surface area (Å²) in [6.45, 7) is 1.50. The van der Waals surface area contributed by atoms with Crippen LogP contribution in [0.2, 0.25) is 0 Å². The monoisotopic (exact) mass is 1080 g/mol. The number of hydrogen-bond donors (Lipinski definition) is 12. The van der Waals surface area contributed by atoms with E-state index in [0.29, 0.717) is 12.8 Å². The number of hydrogen-bond acceptors (Lipinski definition) is 18. The number of rotatable bonds is 39. The second-order valence-corrected chi connectivity index (χ2v) is 20.0. The zero-order valence-electron chi connectivity index (χ0n) is 45.2. The van der Waals surface area contributed by atoms with Crippen LogP contribution in [0, 0.1) is 0 Å². The van der Waals surface area contributed by atoms with Gasteiger partial charge in [-0.05, 0) is 77.0 Å². The van der Waals surface area contributed by atoms with E-state index in [2.05, 4.69) is 79.9 Å². The van der Waals surface area contributed by atoms with Gasteiger partial charge < -0.3 is 89.9 Å². The number of amides is 1. The molecule has 0 aromatic carbocycles. The van der Waals surface area contributed by atoms with Crippen molar-refractivity contribution in [2.45, 2.75) is 253 Å². The zero-order valence-corrected chi connectivity index (χ0v) is 45.2. The summed E-state index contributed by atoms with van der Waals surface area (Å²) in [5.41, 5.74) is 0. The summed E-state index contributed by atoms with van der Waals surface area (Å²) in [6.07, 6.45) is 19.1. The topological polar surface area (TPSA) is 307 Å². The highest BCUT2D eigenvalue weighted by Crippen LogP contribution is 2.33. The third kappa shape index (κ3) is 24.7. The van der Waals surface area contributed by atoms with Crippen LogP contribution in [0.5, 0.6) is 0 Å². The lowest BCUT2D eigenvalue weighted by atomic mass is 9.96. The van der Waals surface area contributed by atoms with Gasteiger partial charge in [0.1, 0.15) is 73.2 Å². The normalized spacial score (nSPS) is 31.5. The minimum Gasteiger partial charge on any atom is -0.394 e. The van der Waals surface area contributed by atoms with Crippen LogP contribution in [-0.4, -0.2) is 193 Å². The molecule has 19 heteroatoms. The van der Waals surface area contributed by atoms with E-state index in [1.807, 2.05) is 0 Å². The molecule has 17 unspecified atom stereocenters. The average Bonchev–Trinajstić information content (AvgIpc) is 3.41. The maximum atomic E-state index is 13.3. The summed E-state index contributed by atoms with van der Waals surface area (Å²) >= 11 is 0. The Kier molecular flexibility index (Phi) is 35.9. The molecule has 0 radical (unpaired) electrons. The van der Waals surface area contributed by atoms with Gasteiger partial charge in [0.15, 0.2) is 18.9 Å². The smallest absolute Gasteiger partial charge is 0.220 e. The number of carbonyl (C=O) groups excluding carboxylic acids is 1. The third-order valence-electron chi connectivity index (χ3n) is 13.7. The molecular formula is C57H97NO18. The summed E-state index contributed by atoms with van der Waals surface area (Å²) in [7, 11) is 0. The fraction of sp³-hybridized carbons (Fsp3) is 0.772. The Morgan fingerprint density at radius 2 is 0.921 bits per heavy atom. The van der Waals surface area contributed by atoms with Crippen molar-refractivity contribution in [2.75, 3.05) is 26.4 Å². The number of ether oxygens (including phenoxy) is 6.